The van der Waals surface area contributed by atoms with Crippen molar-refractivity contribution in [2.24, 2.45) is 0 Å². The predicted octanol–water partition coefficient (Wildman–Crippen LogP) is -0.923. The Morgan fingerprint density at radius 2 is 2.17 bits per heavy atom. The quantitative estimate of drug-likeness (QED) is 0.279. The molecule has 5 nitrogen and oxygen atoms in total. The molecule has 0 radical (unpaired) electrons. The second-order valence-electron chi connectivity index (χ2n) is 5.88. The minimum atomic E-state index is -0.810. The molecule has 1 fully saturated rings. The van der Waals surface area contributed by atoms with Crippen molar-refractivity contribution in [3.05, 3.63) is 35.1 Å². The van der Waals surface area contributed by atoms with Crippen molar-refractivity contribution in [1.29, 1.82) is 0 Å². The number of imide groups is 1. The normalized spacial score (nSPS) is 18.4. The molecule has 1 aromatic carbocycles. The van der Waals surface area contributed by atoms with E-state index < -0.39 is 23.7 Å². The molecule has 1 aromatic rings. The van der Waals surface area contributed by atoms with Crippen LogP contribution in [0.1, 0.15) is 42.6 Å². The third-order valence-electron chi connectivity index (χ3n) is 3.83. The van der Waals surface area contributed by atoms with Crippen LogP contribution < -0.4 is 31.8 Å². The monoisotopic (exact) mass is 559 g/mol. The number of alkyl halides is 3. The number of carbonyl (C=O) groups is 3. The Labute approximate surface area is 163 Å². The Kier molecular flexibility index (Phi) is 6.57. The first-order chi connectivity index (χ1) is 11.2. The van der Waals surface area contributed by atoms with Crippen molar-refractivity contribution in [3.8, 4) is 0 Å². The van der Waals surface area contributed by atoms with Gasteiger partial charge in [-0.05, 0) is 0 Å². The molecule has 0 bridgehead atoms. The molecule has 1 saturated heterocycles. The molecule has 1 atom stereocenters. The Morgan fingerprint density at radius 1 is 1.46 bits per heavy atom. The summed E-state index contributed by atoms with van der Waals surface area (Å²) in [5, 5.41) is 4.65. The third-order valence-corrected chi connectivity index (χ3v) is 8.58. The first-order valence-electron chi connectivity index (χ1n) is 7.35. The van der Waals surface area contributed by atoms with Crippen molar-refractivity contribution in [1.82, 2.24) is 10.6 Å². The number of rotatable bonds is 5. The van der Waals surface area contributed by atoms with Gasteiger partial charge in [-0.3, -0.25) is 0 Å². The Hall–Kier alpha value is -0.780. The first-order valence-corrected chi connectivity index (χ1v) is 11.5. The van der Waals surface area contributed by atoms with E-state index in [1.165, 1.54) is 12.1 Å². The average molecular weight is 559 g/mol. The zero-order chi connectivity index (χ0) is 17.9. The molecule has 8 heteroatoms. The summed E-state index contributed by atoms with van der Waals surface area (Å²) < 4.78 is 15.4. The van der Waals surface area contributed by atoms with E-state index in [0.29, 0.717) is 0 Å². The number of hydrogen-bond donors (Lipinski definition) is 2. The van der Waals surface area contributed by atoms with E-state index in [1.807, 2.05) is 0 Å². The summed E-state index contributed by atoms with van der Waals surface area (Å²) in [6.07, 6.45) is 0.384. The van der Waals surface area contributed by atoms with Gasteiger partial charge in [0.2, 0.25) is 0 Å². The van der Waals surface area contributed by atoms with Gasteiger partial charge in [-0.25, -0.2) is 0 Å². The number of nitrogens with one attached hydrogen (secondary N) is 2. The van der Waals surface area contributed by atoms with Gasteiger partial charge in [-0.2, -0.15) is 0 Å². The van der Waals surface area contributed by atoms with E-state index in [1.54, 1.807) is 6.07 Å². The zero-order valence-electron chi connectivity index (χ0n) is 13.3. The fourth-order valence-electron chi connectivity index (χ4n) is 2.34. The van der Waals surface area contributed by atoms with Crippen molar-refractivity contribution >= 4 is 40.3 Å². The maximum absolute atomic E-state index is 14.4. The SMILES string of the molecule is CC(C)([I-]CI)c1ccc(C(=O)NC2CCC(=O)NC2=O)c(F)c1. The molecule has 3 amide bonds. The molecule has 24 heavy (non-hydrogen) atoms. The number of piperidine rings is 1. The van der Waals surface area contributed by atoms with Gasteiger partial charge in [0.25, 0.3) is 0 Å². The second kappa shape index (κ2) is 8.07. The summed E-state index contributed by atoms with van der Waals surface area (Å²) in [6.45, 7) is 4.16. The summed E-state index contributed by atoms with van der Waals surface area (Å²) in [6, 6.07) is 3.83. The van der Waals surface area contributed by atoms with E-state index in [9.17, 15) is 18.8 Å². The summed E-state index contributed by atoms with van der Waals surface area (Å²) in [5.41, 5.74) is 0.786. The van der Waals surface area contributed by atoms with E-state index in [-0.39, 0.29) is 48.9 Å². The third kappa shape index (κ3) is 4.64. The van der Waals surface area contributed by atoms with E-state index in [2.05, 4.69) is 47.1 Å². The van der Waals surface area contributed by atoms with Gasteiger partial charge in [0.1, 0.15) is 0 Å². The van der Waals surface area contributed by atoms with Gasteiger partial charge in [0, 0.05) is 0 Å². The standard InChI is InChI=1S/C16H18FI2N2O3/c1-16(2,19-8-18)9-3-4-10(11(17)7-9)14(23)20-12-5-6-13(22)21-15(12)24/h3-4,7,12H,5-6,8H2,1-2H3,(H,20,23)(H,21,22,24)/q-1. The molecule has 0 aliphatic carbocycles. The van der Waals surface area contributed by atoms with Gasteiger partial charge in [-0.15, -0.1) is 0 Å². The predicted molar refractivity (Wildman–Crippen MR) is 92.0 cm³/mol. The van der Waals surface area contributed by atoms with Crippen LogP contribution in [0.3, 0.4) is 0 Å². The molecule has 0 spiro atoms. The van der Waals surface area contributed by atoms with Gasteiger partial charge >= 0.3 is 165 Å². The van der Waals surface area contributed by atoms with Crippen LogP contribution in [0.15, 0.2) is 18.2 Å². The molecule has 2 N–H and O–H groups in total. The van der Waals surface area contributed by atoms with Gasteiger partial charge < -0.3 is 0 Å². The fourth-order valence-corrected chi connectivity index (χ4v) is 8.67. The van der Waals surface area contributed by atoms with E-state index >= 15 is 0 Å². The average Bonchev–Trinajstić information content (AvgIpc) is 2.49. The molecular weight excluding hydrogens is 541 g/mol. The molecule has 0 saturated carbocycles. The van der Waals surface area contributed by atoms with E-state index in [4.69, 9.17) is 0 Å². The molecule has 1 heterocycles. The van der Waals surface area contributed by atoms with Crippen molar-refractivity contribution < 1.29 is 40.0 Å². The summed E-state index contributed by atoms with van der Waals surface area (Å²) in [4.78, 5) is 35.0. The summed E-state index contributed by atoms with van der Waals surface area (Å²) in [5.74, 6) is -2.15. The van der Waals surface area contributed by atoms with Crippen LogP contribution in [0.5, 0.6) is 0 Å². The Balaban J connectivity index is 2.13. The fraction of sp³-hybridized carbons (Fsp3) is 0.438. The summed E-state index contributed by atoms with van der Waals surface area (Å²) in [7, 11) is 0. The maximum atomic E-state index is 14.4. The van der Waals surface area contributed by atoms with Crippen LogP contribution in [0.4, 0.5) is 4.39 Å². The van der Waals surface area contributed by atoms with Crippen LogP contribution in [0.25, 0.3) is 0 Å². The van der Waals surface area contributed by atoms with Crippen LogP contribution in [-0.4, -0.2) is 26.2 Å². The molecule has 1 aliphatic rings. The topological polar surface area (TPSA) is 75.3 Å². The van der Waals surface area contributed by atoms with Crippen molar-refractivity contribution in [2.45, 2.75) is 36.2 Å². The van der Waals surface area contributed by atoms with Crippen molar-refractivity contribution in [3.63, 3.8) is 0 Å². The second-order valence-corrected chi connectivity index (χ2v) is 13.8. The van der Waals surface area contributed by atoms with Crippen LogP contribution >= 0.6 is 22.6 Å². The molecule has 132 valence electrons. The summed E-state index contributed by atoms with van der Waals surface area (Å²) >= 11 is 2.20. The molecule has 0 aromatic heterocycles. The Morgan fingerprint density at radius 3 is 2.75 bits per heavy atom. The number of amides is 3. The van der Waals surface area contributed by atoms with E-state index in [0.717, 1.165) is 8.00 Å². The van der Waals surface area contributed by atoms with Gasteiger partial charge in [0.05, 0.1) is 0 Å². The van der Waals surface area contributed by atoms with Crippen molar-refractivity contribution in [2.75, 3.05) is 2.43 Å². The van der Waals surface area contributed by atoms with Crippen LogP contribution in [0.2, 0.25) is 0 Å². The van der Waals surface area contributed by atoms with Crippen LogP contribution in [-0.2, 0) is 13.0 Å². The van der Waals surface area contributed by atoms with Gasteiger partial charge in [-0.1, -0.05) is 0 Å². The molecule has 1 unspecified atom stereocenters. The molecule has 1 aliphatic heterocycles. The number of benzene rings is 1. The number of hydrogen-bond acceptors (Lipinski definition) is 3. The Bertz CT molecular complexity index is 679. The zero-order valence-corrected chi connectivity index (χ0v) is 17.6. The molecule has 2 rings (SSSR count). The number of carbonyl (C=O) groups excluding carboxylic acids is 3. The minimum absolute atomic E-state index is 0.0699. The first kappa shape index (κ1) is 19.5. The van der Waals surface area contributed by atoms with Gasteiger partial charge in [0.15, 0.2) is 0 Å². The molecular formula is C16H18FI2N2O3-. The van der Waals surface area contributed by atoms with Crippen LogP contribution in [0, 0.1) is 5.82 Å². The number of halogens is 3.